The normalized spacial score (nSPS) is 12.3. The van der Waals surface area contributed by atoms with Gasteiger partial charge >= 0.3 is 0 Å². The van der Waals surface area contributed by atoms with Crippen LogP contribution in [0.1, 0.15) is 6.42 Å². The van der Waals surface area contributed by atoms with E-state index < -0.39 is 10.0 Å². The minimum absolute atomic E-state index is 0.365. The van der Waals surface area contributed by atoms with E-state index in [0.717, 1.165) is 0 Å². The molecule has 0 aromatic rings. The summed E-state index contributed by atoms with van der Waals surface area (Å²) < 4.78 is 28.1. The van der Waals surface area contributed by atoms with Crippen molar-refractivity contribution in [1.82, 2.24) is 4.31 Å². The first kappa shape index (κ1) is 12.2. The molecule has 74 valence electrons. The van der Waals surface area contributed by atoms with Gasteiger partial charge in [-0.2, -0.15) is 0 Å². The molecular weight excluding hydrogens is 202 g/mol. The maximum absolute atomic E-state index is 11.0. The number of ether oxygens (including phenoxy) is 1. The number of halogens is 1. The van der Waals surface area contributed by atoms with Crippen molar-refractivity contribution < 1.29 is 13.2 Å². The van der Waals surface area contributed by atoms with Gasteiger partial charge in [0.05, 0.1) is 0 Å². The van der Waals surface area contributed by atoms with E-state index in [0.29, 0.717) is 19.6 Å². The molecule has 0 aliphatic carbocycles. The summed E-state index contributed by atoms with van der Waals surface area (Å²) in [5.74, 6) is 0. The van der Waals surface area contributed by atoms with Crippen molar-refractivity contribution >= 4 is 21.6 Å². The van der Waals surface area contributed by atoms with Gasteiger partial charge in [0.25, 0.3) is 0 Å². The Hall–Kier alpha value is 0.160. The molecule has 0 aromatic carbocycles. The summed E-state index contributed by atoms with van der Waals surface area (Å²) in [5.41, 5.74) is 0. The Morgan fingerprint density at radius 1 is 1.50 bits per heavy atom. The summed E-state index contributed by atoms with van der Waals surface area (Å²) in [7, 11) is -0.149. The standard InChI is InChI=1S/C6H14ClNO3S/c1-8(4-3-5-11-2)12(9,10)6-7/h3-6H2,1-2H3. The third kappa shape index (κ3) is 4.25. The number of rotatable bonds is 6. The molecule has 0 rings (SSSR count). The zero-order valence-corrected chi connectivity index (χ0v) is 8.86. The van der Waals surface area contributed by atoms with Crippen molar-refractivity contribution in [2.75, 3.05) is 32.5 Å². The van der Waals surface area contributed by atoms with Crippen LogP contribution in [0.4, 0.5) is 0 Å². The molecule has 0 fully saturated rings. The predicted molar refractivity (Wildman–Crippen MR) is 48.8 cm³/mol. The van der Waals surface area contributed by atoms with E-state index in [9.17, 15) is 8.42 Å². The highest BCUT2D eigenvalue weighted by molar-refractivity contribution is 7.90. The molecule has 0 N–H and O–H groups in total. The molecule has 0 radical (unpaired) electrons. The molecule has 0 atom stereocenters. The Balaban J connectivity index is 3.80. The molecule has 0 unspecified atom stereocenters. The van der Waals surface area contributed by atoms with Gasteiger partial charge in [-0.1, -0.05) is 0 Å². The average molecular weight is 216 g/mol. The Morgan fingerprint density at radius 2 is 2.08 bits per heavy atom. The van der Waals surface area contributed by atoms with Crippen LogP contribution in [0.2, 0.25) is 0 Å². The quantitative estimate of drug-likeness (QED) is 0.478. The molecule has 0 heterocycles. The number of hydrogen-bond donors (Lipinski definition) is 0. The first-order chi connectivity index (χ1) is 5.54. The fraction of sp³-hybridized carbons (Fsp3) is 1.00. The van der Waals surface area contributed by atoms with Gasteiger partial charge in [0.2, 0.25) is 10.0 Å². The van der Waals surface area contributed by atoms with Gasteiger partial charge in [-0.3, -0.25) is 0 Å². The van der Waals surface area contributed by atoms with Gasteiger partial charge in [0, 0.05) is 27.3 Å². The van der Waals surface area contributed by atoms with Crippen LogP contribution in [-0.2, 0) is 14.8 Å². The highest BCUT2D eigenvalue weighted by Crippen LogP contribution is 2.00. The van der Waals surface area contributed by atoms with Crippen molar-refractivity contribution in [2.45, 2.75) is 6.42 Å². The van der Waals surface area contributed by atoms with Crippen LogP contribution in [-0.4, -0.2) is 45.2 Å². The molecule has 0 saturated carbocycles. The van der Waals surface area contributed by atoms with E-state index in [1.54, 1.807) is 7.11 Å². The molecule has 12 heavy (non-hydrogen) atoms. The summed E-state index contributed by atoms with van der Waals surface area (Å²) in [4.78, 5) is 0. The summed E-state index contributed by atoms with van der Waals surface area (Å²) in [6.45, 7) is 1.00. The fourth-order valence-electron chi connectivity index (χ4n) is 0.654. The lowest BCUT2D eigenvalue weighted by molar-refractivity contribution is 0.189. The van der Waals surface area contributed by atoms with Crippen LogP contribution in [0.5, 0.6) is 0 Å². The Morgan fingerprint density at radius 3 is 2.50 bits per heavy atom. The monoisotopic (exact) mass is 215 g/mol. The SMILES string of the molecule is COCCCN(C)S(=O)(=O)CCl. The van der Waals surface area contributed by atoms with Crippen molar-refractivity contribution in [1.29, 1.82) is 0 Å². The number of nitrogens with zero attached hydrogens (tertiary/aromatic N) is 1. The first-order valence-corrected chi connectivity index (χ1v) is 5.68. The third-order valence-electron chi connectivity index (χ3n) is 1.43. The second-order valence-corrected chi connectivity index (χ2v) is 5.05. The predicted octanol–water partition coefficient (Wildman–Crippen LogP) is 0.481. The van der Waals surface area contributed by atoms with Crippen LogP contribution in [0.25, 0.3) is 0 Å². The fourth-order valence-corrected chi connectivity index (χ4v) is 1.73. The molecule has 0 aliphatic rings. The second kappa shape index (κ2) is 5.75. The van der Waals surface area contributed by atoms with Crippen LogP contribution < -0.4 is 0 Å². The molecule has 0 aromatic heterocycles. The van der Waals surface area contributed by atoms with Crippen molar-refractivity contribution in [3.8, 4) is 0 Å². The number of hydrogen-bond acceptors (Lipinski definition) is 3. The number of methoxy groups -OCH3 is 1. The lowest BCUT2D eigenvalue weighted by Gasteiger charge is -2.14. The molecule has 0 saturated heterocycles. The molecule has 0 spiro atoms. The van der Waals surface area contributed by atoms with E-state index in [1.165, 1.54) is 11.4 Å². The van der Waals surface area contributed by atoms with Gasteiger partial charge < -0.3 is 4.74 Å². The van der Waals surface area contributed by atoms with Gasteiger partial charge in [0.1, 0.15) is 5.21 Å². The maximum Gasteiger partial charge on any atom is 0.227 e. The van der Waals surface area contributed by atoms with Gasteiger partial charge in [-0.25, -0.2) is 12.7 Å². The van der Waals surface area contributed by atoms with E-state index in [2.05, 4.69) is 0 Å². The Labute approximate surface area is 78.5 Å². The van der Waals surface area contributed by atoms with Crippen LogP contribution in [0.3, 0.4) is 0 Å². The lowest BCUT2D eigenvalue weighted by Crippen LogP contribution is -2.29. The summed E-state index contributed by atoms with van der Waals surface area (Å²) in [6.07, 6.45) is 0.684. The largest absolute Gasteiger partial charge is 0.385 e. The lowest BCUT2D eigenvalue weighted by atomic mass is 10.5. The highest BCUT2D eigenvalue weighted by Gasteiger charge is 2.14. The van der Waals surface area contributed by atoms with E-state index in [-0.39, 0.29) is 5.21 Å². The van der Waals surface area contributed by atoms with Crippen molar-refractivity contribution in [3.05, 3.63) is 0 Å². The average Bonchev–Trinajstić information content (AvgIpc) is 2.05. The zero-order chi connectivity index (χ0) is 9.61. The molecular formula is C6H14ClNO3S. The molecule has 0 bridgehead atoms. The Kier molecular flexibility index (Phi) is 5.82. The van der Waals surface area contributed by atoms with E-state index in [1.807, 2.05) is 0 Å². The minimum atomic E-state index is -3.24. The van der Waals surface area contributed by atoms with Crippen LogP contribution in [0.15, 0.2) is 0 Å². The smallest absolute Gasteiger partial charge is 0.227 e. The summed E-state index contributed by atoms with van der Waals surface area (Å²) in [6, 6.07) is 0. The van der Waals surface area contributed by atoms with E-state index in [4.69, 9.17) is 16.3 Å². The molecule has 6 heteroatoms. The Bertz CT molecular complexity index is 205. The number of sulfonamides is 1. The van der Waals surface area contributed by atoms with Crippen LogP contribution in [0, 0.1) is 0 Å². The van der Waals surface area contributed by atoms with E-state index >= 15 is 0 Å². The maximum atomic E-state index is 11.0. The highest BCUT2D eigenvalue weighted by atomic mass is 35.5. The third-order valence-corrected chi connectivity index (χ3v) is 3.67. The van der Waals surface area contributed by atoms with Crippen LogP contribution >= 0.6 is 11.6 Å². The van der Waals surface area contributed by atoms with Crippen molar-refractivity contribution in [3.63, 3.8) is 0 Å². The molecule has 0 amide bonds. The number of alkyl halides is 1. The summed E-state index contributed by atoms with van der Waals surface area (Å²) >= 11 is 5.24. The topological polar surface area (TPSA) is 46.6 Å². The molecule has 0 aliphatic heterocycles. The minimum Gasteiger partial charge on any atom is -0.385 e. The van der Waals surface area contributed by atoms with Gasteiger partial charge in [-0.05, 0) is 6.42 Å². The van der Waals surface area contributed by atoms with Gasteiger partial charge in [-0.15, -0.1) is 11.6 Å². The second-order valence-electron chi connectivity index (χ2n) is 2.39. The van der Waals surface area contributed by atoms with Crippen molar-refractivity contribution in [2.24, 2.45) is 0 Å². The van der Waals surface area contributed by atoms with Gasteiger partial charge in [0.15, 0.2) is 0 Å². The molecule has 4 nitrogen and oxygen atoms in total. The summed E-state index contributed by atoms with van der Waals surface area (Å²) in [5, 5.41) is -0.365. The zero-order valence-electron chi connectivity index (χ0n) is 7.29. The first-order valence-electron chi connectivity index (χ1n) is 3.53.